The van der Waals surface area contributed by atoms with Crippen molar-refractivity contribution in [2.75, 3.05) is 5.32 Å². The Balaban J connectivity index is 2.97. The molecule has 0 heterocycles. The second-order valence-electron chi connectivity index (χ2n) is 3.94. The van der Waals surface area contributed by atoms with Crippen LogP contribution in [0.3, 0.4) is 0 Å². The predicted molar refractivity (Wildman–Crippen MR) is 61.3 cm³/mol. The van der Waals surface area contributed by atoms with Crippen LogP contribution in [0, 0.1) is 6.92 Å². The van der Waals surface area contributed by atoms with Crippen LogP contribution in [-0.4, -0.2) is 15.6 Å². The SMILES string of the molecule is Cc1cc(C(F)(F)F)ccc1NC(C)P(=O)(O)O. The zero-order chi connectivity index (χ0) is 14.1. The lowest BCUT2D eigenvalue weighted by Crippen LogP contribution is -2.16. The molecule has 0 aliphatic rings. The number of halogens is 3. The molecule has 0 radical (unpaired) electrons. The molecule has 0 amide bonds. The number of aryl methyl sites for hydroxylation is 1. The first-order valence-corrected chi connectivity index (χ1v) is 6.69. The molecule has 0 aliphatic carbocycles. The number of alkyl halides is 3. The van der Waals surface area contributed by atoms with Crippen LogP contribution < -0.4 is 5.32 Å². The van der Waals surface area contributed by atoms with Crippen molar-refractivity contribution in [1.82, 2.24) is 0 Å². The van der Waals surface area contributed by atoms with Crippen LogP contribution in [0.5, 0.6) is 0 Å². The first-order chi connectivity index (χ1) is 8.01. The molecule has 0 aromatic heterocycles. The van der Waals surface area contributed by atoms with Crippen LogP contribution in [-0.2, 0) is 10.7 Å². The highest BCUT2D eigenvalue weighted by molar-refractivity contribution is 7.52. The van der Waals surface area contributed by atoms with E-state index in [1.165, 1.54) is 13.8 Å². The molecule has 0 bridgehead atoms. The maximum atomic E-state index is 12.4. The van der Waals surface area contributed by atoms with Crippen molar-refractivity contribution < 1.29 is 27.5 Å². The van der Waals surface area contributed by atoms with E-state index in [2.05, 4.69) is 5.32 Å². The lowest BCUT2D eigenvalue weighted by molar-refractivity contribution is -0.137. The van der Waals surface area contributed by atoms with E-state index < -0.39 is 25.1 Å². The van der Waals surface area contributed by atoms with E-state index in [9.17, 15) is 17.7 Å². The van der Waals surface area contributed by atoms with Crippen molar-refractivity contribution in [3.8, 4) is 0 Å². The highest BCUT2D eigenvalue weighted by Gasteiger charge is 2.31. The molecule has 1 aromatic rings. The summed E-state index contributed by atoms with van der Waals surface area (Å²) in [4.78, 5) is 17.8. The predicted octanol–water partition coefficient (Wildman–Crippen LogP) is 2.95. The van der Waals surface area contributed by atoms with E-state index in [-0.39, 0.29) is 11.3 Å². The van der Waals surface area contributed by atoms with Gasteiger partial charge in [-0.05, 0) is 37.6 Å². The molecule has 4 nitrogen and oxygen atoms in total. The standard InChI is InChI=1S/C10H13F3NO3P/c1-6-5-8(10(11,12)13)3-4-9(6)14-7(2)18(15,16)17/h3-5,7,14H,1-2H3,(H2,15,16,17). The van der Waals surface area contributed by atoms with Crippen LogP contribution in [0.25, 0.3) is 0 Å². The third-order valence-corrected chi connectivity index (χ3v) is 3.56. The van der Waals surface area contributed by atoms with E-state index in [1.54, 1.807) is 0 Å². The summed E-state index contributed by atoms with van der Waals surface area (Å²) < 4.78 is 48.1. The maximum Gasteiger partial charge on any atom is 0.416 e. The Labute approximate surface area is 102 Å². The van der Waals surface area contributed by atoms with Gasteiger partial charge in [0.25, 0.3) is 0 Å². The van der Waals surface area contributed by atoms with Gasteiger partial charge in [0.05, 0.1) is 5.56 Å². The minimum atomic E-state index is -4.43. The van der Waals surface area contributed by atoms with Crippen LogP contribution in [0.4, 0.5) is 18.9 Å². The summed E-state index contributed by atoms with van der Waals surface area (Å²) in [6.07, 6.45) is -4.43. The molecule has 0 aliphatic heterocycles. The minimum Gasteiger partial charge on any atom is -0.372 e. The van der Waals surface area contributed by atoms with Crippen molar-refractivity contribution in [3.63, 3.8) is 0 Å². The highest BCUT2D eigenvalue weighted by atomic mass is 31.2. The number of anilines is 1. The normalized spacial score (nSPS) is 14.4. The van der Waals surface area contributed by atoms with E-state index in [0.717, 1.165) is 18.2 Å². The van der Waals surface area contributed by atoms with Gasteiger partial charge in [0, 0.05) is 5.69 Å². The molecule has 1 rings (SSSR count). The summed E-state index contributed by atoms with van der Waals surface area (Å²) >= 11 is 0. The Kier molecular flexibility index (Phi) is 4.10. The highest BCUT2D eigenvalue weighted by Crippen LogP contribution is 2.41. The number of nitrogens with one attached hydrogen (secondary N) is 1. The fourth-order valence-corrected chi connectivity index (χ4v) is 1.62. The molecular weight excluding hydrogens is 270 g/mol. The number of benzene rings is 1. The Bertz CT molecular complexity index is 484. The summed E-state index contributed by atoms with van der Waals surface area (Å²) in [6.45, 7) is 2.70. The molecule has 1 unspecified atom stereocenters. The van der Waals surface area contributed by atoms with Gasteiger partial charge in [-0.25, -0.2) is 0 Å². The summed E-state index contributed by atoms with van der Waals surface area (Å²) in [5.74, 6) is -1.16. The quantitative estimate of drug-likeness (QED) is 0.746. The van der Waals surface area contributed by atoms with Gasteiger partial charge in [-0.3, -0.25) is 4.57 Å². The van der Waals surface area contributed by atoms with Crippen LogP contribution in [0.15, 0.2) is 18.2 Å². The average Bonchev–Trinajstić information content (AvgIpc) is 2.17. The van der Waals surface area contributed by atoms with Crippen molar-refractivity contribution in [2.45, 2.75) is 25.8 Å². The lowest BCUT2D eigenvalue weighted by atomic mass is 10.1. The van der Waals surface area contributed by atoms with Crippen LogP contribution >= 0.6 is 7.60 Å². The zero-order valence-corrected chi connectivity index (χ0v) is 10.6. The Morgan fingerprint density at radius 1 is 1.33 bits per heavy atom. The molecule has 0 saturated heterocycles. The van der Waals surface area contributed by atoms with E-state index in [0.29, 0.717) is 0 Å². The Morgan fingerprint density at radius 2 is 1.89 bits per heavy atom. The van der Waals surface area contributed by atoms with Gasteiger partial charge in [-0.15, -0.1) is 0 Å². The van der Waals surface area contributed by atoms with Gasteiger partial charge in [0.15, 0.2) is 0 Å². The fourth-order valence-electron chi connectivity index (χ4n) is 1.31. The molecule has 18 heavy (non-hydrogen) atoms. The topological polar surface area (TPSA) is 69.6 Å². The van der Waals surface area contributed by atoms with Gasteiger partial charge >= 0.3 is 13.8 Å². The van der Waals surface area contributed by atoms with Crippen molar-refractivity contribution >= 4 is 13.3 Å². The molecular formula is C10H13F3NO3P. The molecule has 1 aromatic carbocycles. The minimum absolute atomic E-state index is 0.263. The first-order valence-electron chi connectivity index (χ1n) is 5.01. The second-order valence-corrected chi connectivity index (χ2v) is 5.89. The van der Waals surface area contributed by atoms with Gasteiger partial charge in [0.2, 0.25) is 0 Å². The molecule has 0 spiro atoms. The summed E-state index contributed by atoms with van der Waals surface area (Å²) in [6, 6.07) is 2.95. The third kappa shape index (κ3) is 3.73. The summed E-state index contributed by atoms with van der Waals surface area (Å²) in [7, 11) is -4.32. The fraction of sp³-hybridized carbons (Fsp3) is 0.400. The molecule has 1 atom stereocenters. The van der Waals surface area contributed by atoms with E-state index >= 15 is 0 Å². The Hall–Kier alpha value is -1.04. The molecule has 0 fully saturated rings. The second kappa shape index (κ2) is 4.91. The third-order valence-electron chi connectivity index (χ3n) is 2.42. The summed E-state index contributed by atoms with van der Waals surface area (Å²) in [5.41, 5.74) is -0.265. The molecule has 102 valence electrons. The van der Waals surface area contributed by atoms with Crippen molar-refractivity contribution in [1.29, 1.82) is 0 Å². The van der Waals surface area contributed by atoms with Crippen LogP contribution in [0.1, 0.15) is 18.1 Å². The lowest BCUT2D eigenvalue weighted by Gasteiger charge is -2.19. The number of rotatable bonds is 3. The number of hydrogen-bond acceptors (Lipinski definition) is 2. The number of hydrogen-bond donors (Lipinski definition) is 3. The zero-order valence-electron chi connectivity index (χ0n) is 9.69. The van der Waals surface area contributed by atoms with Gasteiger partial charge in [-0.1, -0.05) is 0 Å². The van der Waals surface area contributed by atoms with Crippen LogP contribution in [0.2, 0.25) is 0 Å². The van der Waals surface area contributed by atoms with Crippen molar-refractivity contribution in [3.05, 3.63) is 29.3 Å². The largest absolute Gasteiger partial charge is 0.416 e. The maximum absolute atomic E-state index is 12.4. The van der Waals surface area contributed by atoms with Gasteiger partial charge in [0.1, 0.15) is 5.78 Å². The molecule has 3 N–H and O–H groups in total. The van der Waals surface area contributed by atoms with Crippen molar-refractivity contribution in [2.24, 2.45) is 0 Å². The van der Waals surface area contributed by atoms with E-state index in [4.69, 9.17) is 9.79 Å². The molecule has 8 heteroatoms. The Morgan fingerprint density at radius 3 is 2.28 bits per heavy atom. The van der Waals surface area contributed by atoms with Gasteiger partial charge < -0.3 is 15.1 Å². The smallest absolute Gasteiger partial charge is 0.372 e. The van der Waals surface area contributed by atoms with E-state index in [1.807, 2.05) is 0 Å². The average molecular weight is 283 g/mol. The molecule has 0 saturated carbocycles. The monoisotopic (exact) mass is 283 g/mol. The summed E-state index contributed by atoms with van der Waals surface area (Å²) in [5, 5.41) is 2.50. The first kappa shape index (κ1) is 15.0. The van der Waals surface area contributed by atoms with Gasteiger partial charge in [-0.2, -0.15) is 13.2 Å².